The van der Waals surface area contributed by atoms with E-state index in [1.54, 1.807) is 11.8 Å². The van der Waals surface area contributed by atoms with Crippen molar-refractivity contribution in [2.45, 2.75) is 10.6 Å². The van der Waals surface area contributed by atoms with E-state index in [2.05, 4.69) is 14.7 Å². The van der Waals surface area contributed by atoms with Gasteiger partial charge in [0.25, 0.3) is 5.89 Å². The van der Waals surface area contributed by atoms with Crippen LogP contribution in [0.4, 0.5) is 0 Å². The van der Waals surface area contributed by atoms with Crippen molar-refractivity contribution in [3.63, 3.8) is 0 Å². The molecule has 0 N–H and O–H groups in total. The first kappa shape index (κ1) is 9.92. The highest BCUT2D eigenvalue weighted by Gasteiger charge is 2.04. The SMILES string of the molecule is O=Cc1nc(CSc2ccccc2)no1. The van der Waals surface area contributed by atoms with Crippen LogP contribution < -0.4 is 0 Å². The molecule has 4 nitrogen and oxygen atoms in total. The van der Waals surface area contributed by atoms with Gasteiger partial charge in [-0.2, -0.15) is 4.98 Å². The van der Waals surface area contributed by atoms with Gasteiger partial charge in [-0.05, 0) is 12.1 Å². The summed E-state index contributed by atoms with van der Waals surface area (Å²) in [6.07, 6.45) is 0.545. The Hall–Kier alpha value is -1.62. The van der Waals surface area contributed by atoms with Crippen LogP contribution in [0.3, 0.4) is 0 Å². The lowest BCUT2D eigenvalue weighted by atomic mass is 10.4. The minimum absolute atomic E-state index is 0.0265. The number of aldehydes is 1. The monoisotopic (exact) mass is 220 g/mol. The Bertz CT molecular complexity index is 442. The molecule has 0 spiro atoms. The van der Waals surface area contributed by atoms with Gasteiger partial charge < -0.3 is 4.52 Å². The third-order valence-electron chi connectivity index (χ3n) is 1.70. The lowest BCUT2D eigenvalue weighted by Gasteiger charge is -1.95. The molecule has 0 radical (unpaired) electrons. The average Bonchev–Trinajstić information content (AvgIpc) is 2.76. The van der Waals surface area contributed by atoms with E-state index in [0.717, 1.165) is 4.90 Å². The molecule has 0 bridgehead atoms. The van der Waals surface area contributed by atoms with Gasteiger partial charge in [0.1, 0.15) is 0 Å². The fourth-order valence-corrected chi connectivity index (χ4v) is 1.80. The summed E-state index contributed by atoms with van der Waals surface area (Å²) >= 11 is 1.60. The van der Waals surface area contributed by atoms with Gasteiger partial charge in [0.05, 0.1) is 5.75 Å². The number of hydrogen-bond acceptors (Lipinski definition) is 5. The van der Waals surface area contributed by atoms with Crippen LogP contribution in [-0.4, -0.2) is 16.4 Å². The summed E-state index contributed by atoms with van der Waals surface area (Å²) in [6.45, 7) is 0. The number of thioether (sulfide) groups is 1. The molecule has 0 amide bonds. The molecule has 1 aromatic heterocycles. The van der Waals surface area contributed by atoms with Crippen molar-refractivity contribution in [2.24, 2.45) is 0 Å². The zero-order valence-electron chi connectivity index (χ0n) is 7.79. The third-order valence-corrected chi connectivity index (χ3v) is 2.70. The largest absolute Gasteiger partial charge is 0.331 e. The Morgan fingerprint density at radius 3 is 2.80 bits per heavy atom. The molecule has 0 unspecified atom stereocenters. The minimum atomic E-state index is 0.0265. The molecule has 0 fully saturated rings. The van der Waals surface area contributed by atoms with Crippen LogP contribution in [0.5, 0.6) is 0 Å². The highest BCUT2D eigenvalue weighted by Crippen LogP contribution is 2.20. The van der Waals surface area contributed by atoms with E-state index in [0.29, 0.717) is 17.9 Å². The van der Waals surface area contributed by atoms with Crippen LogP contribution in [0.25, 0.3) is 0 Å². The maximum Gasteiger partial charge on any atom is 0.290 e. The topological polar surface area (TPSA) is 56.0 Å². The van der Waals surface area contributed by atoms with E-state index in [1.807, 2.05) is 30.3 Å². The van der Waals surface area contributed by atoms with Gasteiger partial charge in [0.15, 0.2) is 5.82 Å². The highest BCUT2D eigenvalue weighted by molar-refractivity contribution is 7.98. The van der Waals surface area contributed by atoms with Crippen molar-refractivity contribution in [2.75, 3.05) is 0 Å². The standard InChI is InChI=1S/C10H8N2O2S/c13-6-10-11-9(12-14-10)7-15-8-4-2-1-3-5-8/h1-6H,7H2. The first-order valence-electron chi connectivity index (χ1n) is 4.34. The maximum absolute atomic E-state index is 10.3. The zero-order valence-corrected chi connectivity index (χ0v) is 8.61. The molecule has 2 aromatic rings. The molecule has 0 aliphatic carbocycles. The average molecular weight is 220 g/mol. The molecule has 0 aliphatic heterocycles. The van der Waals surface area contributed by atoms with Gasteiger partial charge in [-0.3, -0.25) is 4.79 Å². The Kier molecular flexibility index (Phi) is 3.14. The summed E-state index contributed by atoms with van der Waals surface area (Å²) in [4.78, 5) is 15.3. The van der Waals surface area contributed by atoms with E-state index < -0.39 is 0 Å². The maximum atomic E-state index is 10.3. The van der Waals surface area contributed by atoms with E-state index in [4.69, 9.17) is 0 Å². The van der Waals surface area contributed by atoms with Gasteiger partial charge in [-0.15, -0.1) is 11.8 Å². The summed E-state index contributed by atoms with van der Waals surface area (Å²) in [5.74, 6) is 1.16. The molecule has 1 heterocycles. The normalized spacial score (nSPS) is 10.1. The van der Waals surface area contributed by atoms with E-state index >= 15 is 0 Å². The van der Waals surface area contributed by atoms with Crippen LogP contribution in [0.2, 0.25) is 0 Å². The van der Waals surface area contributed by atoms with Crippen molar-refractivity contribution in [3.8, 4) is 0 Å². The number of hydrogen-bond donors (Lipinski definition) is 0. The molecule has 2 rings (SSSR count). The first-order chi connectivity index (χ1) is 7.38. The quantitative estimate of drug-likeness (QED) is 0.584. The highest BCUT2D eigenvalue weighted by atomic mass is 32.2. The fraction of sp³-hybridized carbons (Fsp3) is 0.100. The van der Waals surface area contributed by atoms with Gasteiger partial charge >= 0.3 is 0 Å². The van der Waals surface area contributed by atoms with Gasteiger partial charge in [-0.1, -0.05) is 23.4 Å². The molecule has 1 aromatic carbocycles. The number of rotatable bonds is 4. The van der Waals surface area contributed by atoms with Crippen molar-refractivity contribution in [1.29, 1.82) is 0 Å². The molecular formula is C10H8N2O2S. The van der Waals surface area contributed by atoms with Crippen LogP contribution in [0.15, 0.2) is 39.8 Å². The number of carbonyl (C=O) groups is 1. The second kappa shape index (κ2) is 4.75. The van der Waals surface area contributed by atoms with Crippen LogP contribution in [0.1, 0.15) is 16.5 Å². The summed E-state index contributed by atoms with van der Waals surface area (Å²) in [5.41, 5.74) is 0. The molecule has 76 valence electrons. The Morgan fingerprint density at radius 2 is 2.13 bits per heavy atom. The van der Waals surface area contributed by atoms with Crippen molar-refractivity contribution in [3.05, 3.63) is 42.0 Å². The smallest absolute Gasteiger partial charge is 0.290 e. The minimum Gasteiger partial charge on any atom is -0.331 e. The Labute approximate surface area is 90.7 Å². The Morgan fingerprint density at radius 1 is 1.33 bits per heavy atom. The summed E-state index contributed by atoms with van der Waals surface area (Å²) in [7, 11) is 0. The van der Waals surface area contributed by atoms with Gasteiger partial charge in [0.2, 0.25) is 6.29 Å². The molecular weight excluding hydrogens is 212 g/mol. The zero-order chi connectivity index (χ0) is 10.5. The van der Waals surface area contributed by atoms with Crippen LogP contribution >= 0.6 is 11.8 Å². The molecule has 0 saturated carbocycles. The van der Waals surface area contributed by atoms with Crippen LogP contribution in [0, 0.1) is 0 Å². The lowest BCUT2D eigenvalue weighted by molar-refractivity contribution is 0.108. The molecule has 0 aliphatic rings. The molecule has 5 heteroatoms. The number of nitrogens with zero attached hydrogens (tertiary/aromatic N) is 2. The molecule has 0 atom stereocenters. The number of aromatic nitrogens is 2. The lowest BCUT2D eigenvalue weighted by Crippen LogP contribution is -1.84. The summed E-state index contributed by atoms with van der Waals surface area (Å²) < 4.78 is 4.66. The fourth-order valence-electron chi connectivity index (χ4n) is 1.04. The van der Waals surface area contributed by atoms with Gasteiger partial charge in [0, 0.05) is 4.90 Å². The summed E-state index contributed by atoms with van der Waals surface area (Å²) in [5, 5.41) is 3.66. The summed E-state index contributed by atoms with van der Waals surface area (Å²) in [6, 6.07) is 9.91. The first-order valence-corrected chi connectivity index (χ1v) is 5.32. The van der Waals surface area contributed by atoms with E-state index in [1.165, 1.54) is 0 Å². The van der Waals surface area contributed by atoms with Crippen molar-refractivity contribution < 1.29 is 9.32 Å². The molecule has 0 saturated heterocycles. The predicted molar refractivity (Wildman–Crippen MR) is 55.7 cm³/mol. The second-order valence-corrected chi connectivity index (χ2v) is 3.82. The number of carbonyl (C=O) groups excluding carboxylic acids is 1. The van der Waals surface area contributed by atoms with Gasteiger partial charge in [-0.25, -0.2) is 0 Å². The van der Waals surface area contributed by atoms with Crippen molar-refractivity contribution in [1.82, 2.24) is 10.1 Å². The van der Waals surface area contributed by atoms with E-state index in [9.17, 15) is 4.79 Å². The predicted octanol–water partition coefficient (Wildman–Crippen LogP) is 2.17. The molecule has 15 heavy (non-hydrogen) atoms. The second-order valence-electron chi connectivity index (χ2n) is 2.77. The number of benzene rings is 1. The van der Waals surface area contributed by atoms with E-state index in [-0.39, 0.29) is 5.89 Å². The van der Waals surface area contributed by atoms with Crippen LogP contribution in [-0.2, 0) is 5.75 Å². The third kappa shape index (κ3) is 2.66. The Balaban J connectivity index is 1.96. The van der Waals surface area contributed by atoms with Crippen molar-refractivity contribution >= 4 is 18.0 Å².